The molecule has 0 spiro atoms. The van der Waals surface area contributed by atoms with Gasteiger partial charge in [0.15, 0.2) is 0 Å². The molecule has 1 rings (SSSR count). The minimum Gasteiger partial charge on any atom is -0.314 e. The van der Waals surface area contributed by atoms with E-state index in [9.17, 15) is 0 Å². The zero-order valence-corrected chi connectivity index (χ0v) is 11.3. The van der Waals surface area contributed by atoms with Crippen molar-refractivity contribution in [1.82, 2.24) is 5.32 Å². The van der Waals surface area contributed by atoms with Crippen molar-refractivity contribution in [1.29, 1.82) is 0 Å². The quantitative estimate of drug-likeness (QED) is 0.704. The van der Waals surface area contributed by atoms with Gasteiger partial charge in [-0.2, -0.15) is 0 Å². The summed E-state index contributed by atoms with van der Waals surface area (Å²) in [4.78, 5) is 0. The van der Waals surface area contributed by atoms with Gasteiger partial charge in [-0.25, -0.2) is 0 Å². The highest BCUT2D eigenvalue weighted by Crippen LogP contribution is 2.36. The van der Waals surface area contributed by atoms with Crippen molar-refractivity contribution in [3.63, 3.8) is 0 Å². The van der Waals surface area contributed by atoms with Crippen LogP contribution in [0.4, 0.5) is 0 Å². The second kappa shape index (κ2) is 5.34. The Morgan fingerprint density at radius 3 is 2.27 bits per heavy atom. The maximum Gasteiger partial charge on any atom is 0.00723 e. The topological polar surface area (TPSA) is 12.0 Å². The Bertz CT molecular complexity index is 176. The molecule has 1 N–H and O–H groups in total. The first kappa shape index (κ1) is 13.0. The van der Waals surface area contributed by atoms with E-state index in [4.69, 9.17) is 0 Å². The molecular formula is C14H29N. The van der Waals surface area contributed by atoms with Crippen molar-refractivity contribution < 1.29 is 0 Å². The van der Waals surface area contributed by atoms with Gasteiger partial charge in [0, 0.05) is 6.04 Å². The summed E-state index contributed by atoms with van der Waals surface area (Å²) in [7, 11) is 0. The second-order valence-electron chi connectivity index (χ2n) is 6.44. The van der Waals surface area contributed by atoms with Gasteiger partial charge in [-0.3, -0.25) is 0 Å². The van der Waals surface area contributed by atoms with Crippen LogP contribution in [0.1, 0.15) is 60.3 Å². The normalized spacial score (nSPS) is 21.4. The molecule has 0 saturated heterocycles. The van der Waals surface area contributed by atoms with Crippen LogP contribution in [-0.4, -0.2) is 12.6 Å². The fraction of sp³-hybridized carbons (Fsp3) is 1.00. The molecule has 0 aliphatic heterocycles. The SMILES string of the molecule is CCNC(CC1CC1)CC(C)C(C)(C)C. The van der Waals surface area contributed by atoms with Crippen molar-refractivity contribution in [3.05, 3.63) is 0 Å². The summed E-state index contributed by atoms with van der Waals surface area (Å²) in [5.74, 6) is 1.85. The average Bonchev–Trinajstić information content (AvgIpc) is 2.86. The fourth-order valence-corrected chi connectivity index (χ4v) is 2.09. The number of hydrogen-bond acceptors (Lipinski definition) is 1. The monoisotopic (exact) mass is 211 g/mol. The predicted octanol–water partition coefficient (Wildman–Crippen LogP) is 3.84. The van der Waals surface area contributed by atoms with E-state index in [2.05, 4.69) is 39.9 Å². The van der Waals surface area contributed by atoms with Gasteiger partial charge in [0.25, 0.3) is 0 Å². The highest BCUT2D eigenvalue weighted by atomic mass is 14.9. The van der Waals surface area contributed by atoms with E-state index < -0.39 is 0 Å². The van der Waals surface area contributed by atoms with Crippen molar-refractivity contribution in [2.24, 2.45) is 17.3 Å². The zero-order valence-electron chi connectivity index (χ0n) is 11.3. The number of nitrogens with one attached hydrogen (secondary N) is 1. The molecular weight excluding hydrogens is 182 g/mol. The first-order valence-corrected chi connectivity index (χ1v) is 6.66. The molecule has 0 radical (unpaired) electrons. The summed E-state index contributed by atoms with van der Waals surface area (Å²) in [6, 6.07) is 0.761. The molecule has 0 aromatic carbocycles. The summed E-state index contributed by atoms with van der Waals surface area (Å²) < 4.78 is 0. The molecule has 90 valence electrons. The van der Waals surface area contributed by atoms with Gasteiger partial charge in [-0.05, 0) is 36.6 Å². The Hall–Kier alpha value is -0.0400. The van der Waals surface area contributed by atoms with Gasteiger partial charge in [0.05, 0.1) is 0 Å². The summed E-state index contributed by atoms with van der Waals surface area (Å²) in [5, 5.41) is 3.66. The standard InChI is InChI=1S/C14H29N/c1-6-15-13(10-12-7-8-12)9-11(2)14(3,4)5/h11-13,15H,6-10H2,1-5H3. The van der Waals surface area contributed by atoms with Crippen LogP contribution in [-0.2, 0) is 0 Å². The summed E-state index contributed by atoms with van der Waals surface area (Å²) in [5.41, 5.74) is 0.456. The van der Waals surface area contributed by atoms with Crippen LogP contribution in [0, 0.1) is 17.3 Å². The molecule has 1 nitrogen and oxygen atoms in total. The van der Waals surface area contributed by atoms with E-state index >= 15 is 0 Å². The van der Waals surface area contributed by atoms with Crippen molar-refractivity contribution in [2.75, 3.05) is 6.54 Å². The highest BCUT2D eigenvalue weighted by molar-refractivity contribution is 4.83. The van der Waals surface area contributed by atoms with Gasteiger partial charge < -0.3 is 5.32 Å². The lowest BCUT2D eigenvalue weighted by atomic mass is 9.78. The van der Waals surface area contributed by atoms with E-state index in [-0.39, 0.29) is 0 Å². The molecule has 1 saturated carbocycles. The molecule has 0 bridgehead atoms. The van der Waals surface area contributed by atoms with Crippen LogP contribution in [0.25, 0.3) is 0 Å². The maximum absolute atomic E-state index is 3.66. The van der Waals surface area contributed by atoms with Crippen LogP contribution in [0.5, 0.6) is 0 Å². The molecule has 2 unspecified atom stereocenters. The van der Waals surface area contributed by atoms with Crippen LogP contribution < -0.4 is 5.32 Å². The van der Waals surface area contributed by atoms with Gasteiger partial charge >= 0.3 is 0 Å². The smallest absolute Gasteiger partial charge is 0.00723 e. The lowest BCUT2D eigenvalue weighted by Crippen LogP contribution is -2.34. The van der Waals surface area contributed by atoms with Crippen LogP contribution in [0.2, 0.25) is 0 Å². The molecule has 1 heteroatoms. The Labute approximate surface area is 96.0 Å². The van der Waals surface area contributed by atoms with E-state index in [0.29, 0.717) is 5.41 Å². The Balaban J connectivity index is 2.34. The lowest BCUT2D eigenvalue weighted by Gasteiger charge is -2.31. The molecule has 2 atom stereocenters. The minimum absolute atomic E-state index is 0.456. The van der Waals surface area contributed by atoms with E-state index in [1.165, 1.54) is 25.7 Å². The van der Waals surface area contributed by atoms with E-state index in [1.54, 1.807) is 0 Å². The van der Waals surface area contributed by atoms with E-state index in [1.807, 2.05) is 0 Å². The summed E-state index contributed by atoms with van der Waals surface area (Å²) >= 11 is 0. The first-order chi connectivity index (χ1) is 6.93. The van der Waals surface area contributed by atoms with Gasteiger partial charge in [0.1, 0.15) is 0 Å². The average molecular weight is 211 g/mol. The van der Waals surface area contributed by atoms with Crippen LogP contribution >= 0.6 is 0 Å². The molecule has 15 heavy (non-hydrogen) atoms. The third-order valence-corrected chi connectivity index (χ3v) is 3.92. The largest absolute Gasteiger partial charge is 0.314 e. The van der Waals surface area contributed by atoms with E-state index in [0.717, 1.165) is 24.4 Å². The minimum atomic E-state index is 0.456. The molecule has 0 amide bonds. The molecule has 0 aromatic rings. The molecule has 1 aliphatic carbocycles. The Morgan fingerprint density at radius 2 is 1.87 bits per heavy atom. The molecule has 0 heterocycles. The fourth-order valence-electron chi connectivity index (χ4n) is 2.09. The third kappa shape index (κ3) is 5.01. The predicted molar refractivity (Wildman–Crippen MR) is 68.0 cm³/mol. The molecule has 1 fully saturated rings. The highest BCUT2D eigenvalue weighted by Gasteiger charge is 2.28. The maximum atomic E-state index is 3.66. The molecule has 0 aromatic heterocycles. The van der Waals surface area contributed by atoms with Crippen molar-refractivity contribution in [3.8, 4) is 0 Å². The van der Waals surface area contributed by atoms with Crippen molar-refractivity contribution >= 4 is 0 Å². The Kier molecular flexibility index (Phi) is 4.64. The Morgan fingerprint density at radius 1 is 1.27 bits per heavy atom. The second-order valence-corrected chi connectivity index (χ2v) is 6.44. The number of rotatable bonds is 6. The van der Waals surface area contributed by atoms with Crippen LogP contribution in [0.15, 0.2) is 0 Å². The first-order valence-electron chi connectivity index (χ1n) is 6.66. The van der Waals surface area contributed by atoms with Crippen LogP contribution in [0.3, 0.4) is 0 Å². The van der Waals surface area contributed by atoms with Gasteiger partial charge in [0.2, 0.25) is 0 Å². The number of hydrogen-bond donors (Lipinski definition) is 1. The summed E-state index contributed by atoms with van der Waals surface area (Å²) in [6.45, 7) is 12.8. The van der Waals surface area contributed by atoms with Gasteiger partial charge in [-0.1, -0.05) is 47.5 Å². The van der Waals surface area contributed by atoms with Crippen molar-refractivity contribution in [2.45, 2.75) is 66.3 Å². The lowest BCUT2D eigenvalue weighted by molar-refractivity contribution is 0.217. The van der Waals surface area contributed by atoms with Gasteiger partial charge in [-0.15, -0.1) is 0 Å². The molecule has 1 aliphatic rings. The third-order valence-electron chi connectivity index (χ3n) is 3.92. The summed E-state index contributed by atoms with van der Waals surface area (Å²) in [6.07, 6.45) is 5.71. The zero-order chi connectivity index (χ0) is 11.5.